The van der Waals surface area contributed by atoms with Crippen molar-refractivity contribution in [2.75, 3.05) is 0 Å². The fourth-order valence-electron chi connectivity index (χ4n) is 0.974. The molecule has 0 spiro atoms. The molecule has 0 saturated carbocycles. The first-order valence-corrected chi connectivity index (χ1v) is 4.67. The highest BCUT2D eigenvalue weighted by molar-refractivity contribution is 6.74. The Bertz CT molecular complexity index is 426. The fraction of sp³-hybridized carbons (Fsp3) is 0. The summed E-state index contributed by atoms with van der Waals surface area (Å²) in [4.78, 5) is 36.3. The van der Waals surface area contributed by atoms with Crippen LogP contribution in [0.25, 0.3) is 0 Å². The van der Waals surface area contributed by atoms with Crippen LogP contribution in [0.4, 0.5) is 0 Å². The summed E-state index contributed by atoms with van der Waals surface area (Å²) in [5.41, 5.74) is -0.960. The van der Waals surface area contributed by atoms with Gasteiger partial charge >= 0.3 is 0 Å². The van der Waals surface area contributed by atoms with Crippen molar-refractivity contribution < 1.29 is 14.4 Å². The van der Waals surface area contributed by atoms with E-state index in [9.17, 15) is 14.4 Å². The van der Waals surface area contributed by atoms with E-state index >= 15 is 0 Å². The Morgan fingerprint density at radius 2 is 1.60 bits per heavy atom. The Kier molecular flexibility index (Phi) is 3.79. The van der Waals surface area contributed by atoms with Gasteiger partial charge in [0, 0.05) is 6.20 Å². The van der Waals surface area contributed by atoms with Crippen LogP contribution in [0.3, 0.4) is 0 Å². The Labute approximate surface area is 99.1 Å². The first-order chi connectivity index (χ1) is 6.95. The van der Waals surface area contributed by atoms with Crippen molar-refractivity contribution in [3.63, 3.8) is 0 Å². The highest BCUT2D eigenvalue weighted by Gasteiger charge is 2.22. The zero-order valence-electron chi connectivity index (χ0n) is 6.96. The lowest BCUT2D eigenvalue weighted by Crippen LogP contribution is -2.09. The molecule has 0 atom stereocenters. The monoisotopic (exact) mass is 265 g/mol. The van der Waals surface area contributed by atoms with E-state index in [1.807, 2.05) is 0 Å². The SMILES string of the molecule is O=C(Cl)c1ccnc(C(=O)Cl)c1C(=O)Cl. The topological polar surface area (TPSA) is 64.1 Å². The summed E-state index contributed by atoms with van der Waals surface area (Å²) >= 11 is 15.6. The number of pyridine rings is 1. The fourth-order valence-corrected chi connectivity index (χ4v) is 1.47. The van der Waals surface area contributed by atoms with Crippen LogP contribution in [0, 0.1) is 0 Å². The van der Waals surface area contributed by atoms with Crippen molar-refractivity contribution >= 4 is 50.5 Å². The minimum Gasteiger partial charge on any atom is -0.276 e. The highest BCUT2D eigenvalue weighted by atomic mass is 35.5. The molecular formula is C8H2Cl3NO3. The molecule has 0 saturated heterocycles. The van der Waals surface area contributed by atoms with Gasteiger partial charge in [0.2, 0.25) is 0 Å². The normalized spacial score (nSPS) is 9.80. The lowest BCUT2D eigenvalue weighted by Gasteiger charge is -2.03. The number of rotatable bonds is 3. The van der Waals surface area contributed by atoms with Crippen LogP contribution < -0.4 is 0 Å². The predicted octanol–water partition coefficient (Wildman–Crippen LogP) is 2.22. The number of nitrogens with zero attached hydrogens (tertiary/aromatic N) is 1. The molecule has 4 nitrogen and oxygen atoms in total. The van der Waals surface area contributed by atoms with Gasteiger partial charge in [0.25, 0.3) is 15.7 Å². The van der Waals surface area contributed by atoms with E-state index in [2.05, 4.69) is 4.98 Å². The van der Waals surface area contributed by atoms with Crippen molar-refractivity contribution in [1.82, 2.24) is 4.98 Å². The van der Waals surface area contributed by atoms with Crippen LogP contribution >= 0.6 is 34.8 Å². The molecule has 0 aromatic carbocycles. The minimum atomic E-state index is -1.02. The van der Waals surface area contributed by atoms with Gasteiger partial charge in [-0.05, 0) is 40.9 Å². The summed E-state index contributed by atoms with van der Waals surface area (Å²) in [7, 11) is 0. The number of hydrogen-bond donors (Lipinski definition) is 0. The molecule has 0 radical (unpaired) electrons. The van der Waals surface area contributed by atoms with Crippen LogP contribution in [-0.2, 0) is 0 Å². The zero-order chi connectivity index (χ0) is 11.6. The van der Waals surface area contributed by atoms with E-state index in [1.54, 1.807) is 0 Å². The lowest BCUT2D eigenvalue weighted by atomic mass is 10.1. The van der Waals surface area contributed by atoms with E-state index in [0.717, 1.165) is 6.20 Å². The van der Waals surface area contributed by atoms with Crippen LogP contribution in [0.2, 0.25) is 0 Å². The van der Waals surface area contributed by atoms with Gasteiger partial charge in [0.1, 0.15) is 5.69 Å². The Morgan fingerprint density at radius 1 is 1.00 bits per heavy atom. The van der Waals surface area contributed by atoms with Gasteiger partial charge < -0.3 is 0 Å². The third-order valence-corrected chi connectivity index (χ3v) is 2.12. The summed E-state index contributed by atoms with van der Waals surface area (Å²) in [6.07, 6.45) is 1.13. The number of carbonyl (C=O) groups excluding carboxylic acids is 3. The summed E-state index contributed by atoms with van der Waals surface area (Å²) in [5.74, 6) is 0. The molecule has 7 heteroatoms. The molecule has 0 N–H and O–H groups in total. The van der Waals surface area contributed by atoms with Gasteiger partial charge in [0.05, 0.1) is 11.1 Å². The molecule has 0 bridgehead atoms. The zero-order valence-corrected chi connectivity index (χ0v) is 9.23. The molecule has 1 heterocycles. The first-order valence-electron chi connectivity index (χ1n) is 3.53. The molecule has 0 fully saturated rings. The lowest BCUT2D eigenvalue weighted by molar-refractivity contribution is 0.103. The maximum absolute atomic E-state index is 11.0. The number of hydrogen-bond acceptors (Lipinski definition) is 4. The van der Waals surface area contributed by atoms with Crippen molar-refractivity contribution in [1.29, 1.82) is 0 Å². The van der Waals surface area contributed by atoms with Crippen molar-refractivity contribution in [3.05, 3.63) is 29.1 Å². The van der Waals surface area contributed by atoms with Gasteiger partial charge in [-0.3, -0.25) is 19.4 Å². The predicted molar refractivity (Wildman–Crippen MR) is 54.8 cm³/mol. The van der Waals surface area contributed by atoms with Crippen molar-refractivity contribution in [2.24, 2.45) is 0 Å². The van der Waals surface area contributed by atoms with Gasteiger partial charge in [0.15, 0.2) is 0 Å². The second kappa shape index (κ2) is 4.70. The van der Waals surface area contributed by atoms with E-state index in [-0.39, 0.29) is 16.8 Å². The Hall–Kier alpha value is -0.970. The maximum Gasteiger partial charge on any atom is 0.271 e. The van der Waals surface area contributed by atoms with E-state index in [4.69, 9.17) is 34.8 Å². The summed E-state index contributed by atoms with van der Waals surface area (Å²) in [6.45, 7) is 0. The summed E-state index contributed by atoms with van der Waals surface area (Å²) in [6, 6.07) is 1.17. The Balaban J connectivity index is 3.56. The standard InChI is InChI=1S/C8H2Cl3NO3/c9-6(13)3-1-2-12-5(8(11)15)4(3)7(10)14/h1-2H. The van der Waals surface area contributed by atoms with Gasteiger partial charge in [-0.15, -0.1) is 0 Å². The smallest absolute Gasteiger partial charge is 0.271 e. The van der Waals surface area contributed by atoms with Gasteiger partial charge in [-0.25, -0.2) is 0 Å². The molecular weight excluding hydrogens is 264 g/mol. The van der Waals surface area contributed by atoms with Crippen LogP contribution in [0.5, 0.6) is 0 Å². The van der Waals surface area contributed by atoms with E-state index in [1.165, 1.54) is 6.07 Å². The van der Waals surface area contributed by atoms with E-state index in [0.29, 0.717) is 0 Å². The summed E-state index contributed by atoms with van der Waals surface area (Å²) in [5, 5.41) is -2.92. The van der Waals surface area contributed by atoms with Gasteiger partial charge in [-0.2, -0.15) is 0 Å². The molecule has 0 aliphatic heterocycles. The Morgan fingerprint density at radius 3 is 2.00 bits per heavy atom. The third-order valence-electron chi connectivity index (χ3n) is 1.55. The molecule has 1 aromatic heterocycles. The maximum atomic E-state index is 11.0. The third kappa shape index (κ3) is 2.53. The highest BCUT2D eigenvalue weighted by Crippen LogP contribution is 2.18. The molecule has 0 unspecified atom stereocenters. The number of carbonyl (C=O) groups is 3. The quantitative estimate of drug-likeness (QED) is 0.787. The average molecular weight is 266 g/mol. The molecule has 1 aromatic rings. The molecule has 0 aliphatic carbocycles. The average Bonchev–Trinajstić information content (AvgIpc) is 2.16. The number of halogens is 3. The molecule has 1 rings (SSSR count). The minimum absolute atomic E-state index is 0.198. The van der Waals surface area contributed by atoms with Crippen LogP contribution in [-0.4, -0.2) is 20.7 Å². The molecule has 15 heavy (non-hydrogen) atoms. The largest absolute Gasteiger partial charge is 0.276 e. The van der Waals surface area contributed by atoms with Gasteiger partial charge in [-0.1, -0.05) is 0 Å². The second-order valence-corrected chi connectivity index (χ2v) is 3.43. The molecule has 78 valence electrons. The van der Waals surface area contributed by atoms with E-state index < -0.39 is 15.7 Å². The molecule has 0 amide bonds. The molecule has 0 aliphatic rings. The van der Waals surface area contributed by atoms with Crippen molar-refractivity contribution in [3.8, 4) is 0 Å². The number of aromatic nitrogens is 1. The van der Waals surface area contributed by atoms with Crippen molar-refractivity contribution in [2.45, 2.75) is 0 Å². The summed E-state index contributed by atoms with van der Waals surface area (Å²) < 4.78 is 0. The van der Waals surface area contributed by atoms with Crippen LogP contribution in [0.15, 0.2) is 12.3 Å². The second-order valence-electron chi connectivity index (χ2n) is 2.40. The first kappa shape index (κ1) is 12.1. The van der Waals surface area contributed by atoms with Crippen LogP contribution in [0.1, 0.15) is 31.2 Å².